The Morgan fingerprint density at radius 3 is 2.07 bits per heavy atom. The van der Waals surface area contributed by atoms with Crippen molar-refractivity contribution < 1.29 is 29.3 Å². The van der Waals surface area contributed by atoms with Gasteiger partial charge in [-0.1, -0.05) is 6.58 Å². The summed E-state index contributed by atoms with van der Waals surface area (Å²) in [6.45, 7) is 5.79. The van der Waals surface area contributed by atoms with Crippen LogP contribution in [-0.2, 0) is 19.1 Å². The summed E-state index contributed by atoms with van der Waals surface area (Å²) in [5.41, 5.74) is -0.151. The molecule has 2 unspecified atom stereocenters. The second-order valence-electron chi connectivity index (χ2n) is 2.87. The maximum atomic E-state index is 11.0. The van der Waals surface area contributed by atoms with Gasteiger partial charge in [-0.25, -0.2) is 4.79 Å². The number of carbonyl (C=O) groups excluding carboxylic acids is 2. The highest BCUT2D eigenvalue weighted by atomic mass is 16.6. The minimum atomic E-state index is -1.26. The fourth-order valence-electron chi connectivity index (χ4n) is 0.717. The van der Waals surface area contributed by atoms with Crippen LogP contribution in [0.1, 0.15) is 20.3 Å². The van der Waals surface area contributed by atoms with Crippen LogP contribution in [0.2, 0.25) is 0 Å². The van der Waals surface area contributed by atoms with E-state index < -0.39 is 30.9 Å². The van der Waals surface area contributed by atoms with Gasteiger partial charge in [0, 0.05) is 5.57 Å². The second-order valence-corrected chi connectivity index (χ2v) is 2.87. The van der Waals surface area contributed by atoms with Gasteiger partial charge in [0.1, 0.15) is 0 Å². The SMILES string of the molecule is C=C(CC(=O)OC(C)O)C(=O)OC(C)O. The van der Waals surface area contributed by atoms with Gasteiger partial charge in [0.25, 0.3) is 0 Å². The van der Waals surface area contributed by atoms with Crippen molar-refractivity contribution in [2.75, 3.05) is 0 Å². The first kappa shape index (κ1) is 13.6. The Hall–Kier alpha value is -1.40. The molecule has 0 amide bonds. The Bertz CT molecular complexity index is 255. The zero-order valence-corrected chi connectivity index (χ0v) is 8.60. The number of hydrogen-bond acceptors (Lipinski definition) is 6. The summed E-state index contributed by atoms with van der Waals surface area (Å²) < 4.78 is 8.73. The molecule has 0 rings (SSSR count). The molecule has 0 aromatic rings. The third kappa shape index (κ3) is 6.64. The molecule has 0 aliphatic heterocycles. The lowest BCUT2D eigenvalue weighted by Gasteiger charge is -2.09. The Balaban J connectivity index is 4.02. The van der Waals surface area contributed by atoms with Gasteiger partial charge in [-0.15, -0.1) is 0 Å². The van der Waals surface area contributed by atoms with E-state index in [2.05, 4.69) is 16.1 Å². The largest absolute Gasteiger partial charge is 0.436 e. The molecular formula is C9H14O6. The molecule has 2 atom stereocenters. The zero-order chi connectivity index (χ0) is 12.0. The number of esters is 2. The van der Waals surface area contributed by atoms with Crippen LogP contribution in [0, 0.1) is 0 Å². The highest BCUT2D eigenvalue weighted by Crippen LogP contribution is 2.05. The number of hydrogen-bond donors (Lipinski definition) is 2. The van der Waals surface area contributed by atoms with Crippen molar-refractivity contribution in [2.45, 2.75) is 32.8 Å². The van der Waals surface area contributed by atoms with Gasteiger partial charge in [0.05, 0.1) is 6.42 Å². The van der Waals surface area contributed by atoms with E-state index >= 15 is 0 Å². The summed E-state index contributed by atoms with van der Waals surface area (Å²) in [5.74, 6) is -1.68. The van der Waals surface area contributed by atoms with Crippen LogP contribution in [0.15, 0.2) is 12.2 Å². The zero-order valence-electron chi connectivity index (χ0n) is 8.60. The summed E-state index contributed by atoms with van der Waals surface area (Å²) in [7, 11) is 0. The lowest BCUT2D eigenvalue weighted by Crippen LogP contribution is -2.19. The van der Waals surface area contributed by atoms with Gasteiger partial charge < -0.3 is 19.7 Å². The maximum absolute atomic E-state index is 11.0. The minimum absolute atomic E-state index is 0.151. The van der Waals surface area contributed by atoms with Crippen LogP contribution in [0.4, 0.5) is 0 Å². The van der Waals surface area contributed by atoms with Gasteiger partial charge in [-0.2, -0.15) is 0 Å². The number of aliphatic hydroxyl groups is 2. The van der Waals surface area contributed by atoms with E-state index in [1.807, 2.05) is 0 Å². The Labute approximate surface area is 87.1 Å². The topological polar surface area (TPSA) is 93.1 Å². The molecule has 6 nitrogen and oxygen atoms in total. The van der Waals surface area contributed by atoms with Crippen molar-refractivity contribution in [2.24, 2.45) is 0 Å². The number of ether oxygens (including phenoxy) is 2. The summed E-state index contributed by atoms with van der Waals surface area (Å²) >= 11 is 0. The molecule has 0 aliphatic rings. The Morgan fingerprint density at radius 1 is 1.20 bits per heavy atom. The molecular weight excluding hydrogens is 204 g/mol. The third-order valence-electron chi connectivity index (χ3n) is 1.23. The third-order valence-corrected chi connectivity index (χ3v) is 1.23. The molecule has 0 saturated heterocycles. The van der Waals surface area contributed by atoms with E-state index in [1.165, 1.54) is 13.8 Å². The smallest absolute Gasteiger partial charge is 0.336 e. The number of aliphatic hydroxyl groups excluding tert-OH is 2. The lowest BCUT2D eigenvalue weighted by atomic mass is 10.2. The van der Waals surface area contributed by atoms with E-state index in [0.29, 0.717) is 0 Å². The van der Waals surface area contributed by atoms with Crippen molar-refractivity contribution in [3.63, 3.8) is 0 Å². The summed E-state index contributed by atoms with van der Waals surface area (Å²) in [6.07, 6.45) is -2.89. The first-order valence-corrected chi connectivity index (χ1v) is 4.27. The maximum Gasteiger partial charge on any atom is 0.336 e. The number of rotatable bonds is 5. The molecule has 0 bridgehead atoms. The molecule has 0 saturated carbocycles. The molecule has 0 aliphatic carbocycles. The van der Waals surface area contributed by atoms with Gasteiger partial charge in [-0.05, 0) is 13.8 Å². The Morgan fingerprint density at radius 2 is 1.67 bits per heavy atom. The van der Waals surface area contributed by atoms with E-state index in [0.717, 1.165) is 0 Å². The summed E-state index contributed by atoms with van der Waals surface area (Å²) in [4.78, 5) is 22.0. The fourth-order valence-corrected chi connectivity index (χ4v) is 0.717. The van der Waals surface area contributed by atoms with E-state index in [1.54, 1.807) is 0 Å². The quantitative estimate of drug-likeness (QED) is 0.373. The molecule has 0 spiro atoms. The Kier molecular flexibility index (Phi) is 5.58. The average molecular weight is 218 g/mol. The van der Waals surface area contributed by atoms with Crippen molar-refractivity contribution in [1.29, 1.82) is 0 Å². The molecule has 15 heavy (non-hydrogen) atoms. The molecule has 0 heterocycles. The van der Waals surface area contributed by atoms with Crippen LogP contribution >= 0.6 is 0 Å². The van der Waals surface area contributed by atoms with Crippen molar-refractivity contribution in [1.82, 2.24) is 0 Å². The average Bonchev–Trinajstić information content (AvgIpc) is 2.00. The molecule has 2 N–H and O–H groups in total. The van der Waals surface area contributed by atoms with Crippen LogP contribution in [0.25, 0.3) is 0 Å². The predicted molar refractivity (Wildman–Crippen MR) is 49.3 cm³/mol. The van der Waals surface area contributed by atoms with Crippen LogP contribution in [0.5, 0.6) is 0 Å². The minimum Gasteiger partial charge on any atom is -0.436 e. The van der Waals surface area contributed by atoms with E-state index in [4.69, 9.17) is 10.2 Å². The van der Waals surface area contributed by atoms with Crippen molar-refractivity contribution >= 4 is 11.9 Å². The van der Waals surface area contributed by atoms with E-state index in [-0.39, 0.29) is 5.57 Å². The van der Waals surface area contributed by atoms with Gasteiger partial charge in [0.2, 0.25) is 0 Å². The van der Waals surface area contributed by atoms with Crippen LogP contribution in [-0.4, -0.2) is 34.7 Å². The fraction of sp³-hybridized carbons (Fsp3) is 0.556. The predicted octanol–water partition coefficient (Wildman–Crippen LogP) is -0.304. The monoisotopic (exact) mass is 218 g/mol. The van der Waals surface area contributed by atoms with Crippen molar-refractivity contribution in [3.8, 4) is 0 Å². The molecule has 0 fully saturated rings. The second kappa shape index (κ2) is 6.15. The highest BCUT2D eigenvalue weighted by Gasteiger charge is 2.16. The molecule has 0 aromatic heterocycles. The van der Waals surface area contributed by atoms with Gasteiger partial charge >= 0.3 is 11.9 Å². The van der Waals surface area contributed by atoms with Crippen molar-refractivity contribution in [3.05, 3.63) is 12.2 Å². The van der Waals surface area contributed by atoms with E-state index in [9.17, 15) is 9.59 Å². The molecule has 86 valence electrons. The first-order valence-electron chi connectivity index (χ1n) is 4.27. The van der Waals surface area contributed by atoms with Crippen LogP contribution in [0.3, 0.4) is 0 Å². The first-order chi connectivity index (χ1) is 6.82. The lowest BCUT2D eigenvalue weighted by molar-refractivity contribution is -0.167. The normalized spacial score (nSPS) is 13.9. The molecule has 6 heteroatoms. The summed E-state index contributed by atoms with van der Waals surface area (Å²) in [6, 6.07) is 0. The number of carbonyl (C=O) groups is 2. The standard InChI is InChI=1S/C9H14O6/c1-5(9(13)15-7(3)11)4-8(12)14-6(2)10/h6-7,10-11H,1,4H2,2-3H3. The van der Waals surface area contributed by atoms with Gasteiger partial charge in [0.15, 0.2) is 12.6 Å². The highest BCUT2D eigenvalue weighted by molar-refractivity contribution is 5.93. The van der Waals surface area contributed by atoms with Crippen LogP contribution < -0.4 is 0 Å². The summed E-state index contributed by atoms with van der Waals surface area (Å²) in [5, 5.41) is 17.4. The van der Waals surface area contributed by atoms with Gasteiger partial charge in [-0.3, -0.25) is 4.79 Å². The molecule has 0 aromatic carbocycles. The molecule has 0 radical (unpaired) electrons.